The number of hydrogen-bond acceptors (Lipinski definition) is 2. The van der Waals surface area contributed by atoms with Gasteiger partial charge in [-0.1, -0.05) is 32.0 Å². The van der Waals surface area contributed by atoms with Crippen LogP contribution in [0.1, 0.15) is 25.0 Å². The minimum atomic E-state index is -4.37. The predicted molar refractivity (Wildman–Crippen MR) is 75.1 cm³/mol. The van der Waals surface area contributed by atoms with Crippen LogP contribution in [0.15, 0.2) is 36.7 Å². The fraction of sp³-hybridized carbons (Fsp3) is 0.400. The highest BCUT2D eigenvalue weighted by Gasteiger charge is 2.32. The molecule has 2 aromatic rings. The van der Waals surface area contributed by atoms with Gasteiger partial charge in [0, 0.05) is 12.7 Å². The van der Waals surface area contributed by atoms with E-state index in [-0.39, 0.29) is 0 Å². The Morgan fingerprint density at radius 2 is 1.95 bits per heavy atom. The smallest absolute Gasteiger partial charge is 0.312 e. The van der Waals surface area contributed by atoms with Gasteiger partial charge in [0.2, 0.25) is 0 Å². The highest BCUT2D eigenvalue weighted by Crippen LogP contribution is 2.29. The molecular formula is C15H18F3N3. The lowest BCUT2D eigenvalue weighted by Crippen LogP contribution is -2.20. The van der Waals surface area contributed by atoms with Crippen LogP contribution in [-0.2, 0) is 12.7 Å². The van der Waals surface area contributed by atoms with Crippen molar-refractivity contribution in [1.82, 2.24) is 15.1 Å². The number of aromatic nitrogens is 2. The van der Waals surface area contributed by atoms with Crippen LogP contribution in [0.5, 0.6) is 0 Å². The molecule has 0 saturated carbocycles. The summed E-state index contributed by atoms with van der Waals surface area (Å²) >= 11 is 0. The number of halogens is 3. The number of benzene rings is 1. The van der Waals surface area contributed by atoms with Crippen molar-refractivity contribution in [2.24, 2.45) is 5.92 Å². The maximum Gasteiger partial charge on any atom is 0.419 e. The van der Waals surface area contributed by atoms with Gasteiger partial charge < -0.3 is 5.32 Å². The van der Waals surface area contributed by atoms with Gasteiger partial charge in [0.1, 0.15) is 0 Å². The summed E-state index contributed by atoms with van der Waals surface area (Å²) in [5, 5.41) is 7.11. The highest BCUT2D eigenvalue weighted by atomic mass is 19.4. The molecule has 0 unspecified atom stereocenters. The number of nitrogens with zero attached hydrogens (tertiary/aromatic N) is 2. The molecule has 0 saturated heterocycles. The normalized spacial score (nSPS) is 12.1. The number of nitrogens with one attached hydrogen (secondary N) is 1. The molecule has 1 heterocycles. The minimum Gasteiger partial charge on any atom is -0.312 e. The van der Waals surface area contributed by atoms with Crippen LogP contribution in [0, 0.1) is 5.92 Å². The van der Waals surface area contributed by atoms with Crippen molar-refractivity contribution in [1.29, 1.82) is 0 Å². The maximum absolute atomic E-state index is 12.6. The summed E-state index contributed by atoms with van der Waals surface area (Å²) in [6.45, 7) is 5.64. The van der Waals surface area contributed by atoms with Crippen LogP contribution in [0.25, 0.3) is 5.69 Å². The second-order valence-electron chi connectivity index (χ2n) is 5.32. The molecule has 0 bridgehead atoms. The first kappa shape index (κ1) is 15.6. The Bertz CT molecular complexity index is 588. The van der Waals surface area contributed by atoms with Gasteiger partial charge in [-0.3, -0.25) is 0 Å². The molecule has 0 aliphatic rings. The molecule has 0 fully saturated rings. The fourth-order valence-corrected chi connectivity index (χ4v) is 1.98. The molecule has 3 nitrogen and oxygen atoms in total. The third-order valence-electron chi connectivity index (χ3n) is 3.02. The van der Waals surface area contributed by atoms with Crippen molar-refractivity contribution < 1.29 is 13.2 Å². The fourth-order valence-electron chi connectivity index (χ4n) is 1.98. The van der Waals surface area contributed by atoms with E-state index in [2.05, 4.69) is 24.3 Å². The Hall–Kier alpha value is -1.82. The summed E-state index contributed by atoms with van der Waals surface area (Å²) in [6.07, 6.45) is -2.51. The highest BCUT2D eigenvalue weighted by molar-refractivity contribution is 5.40. The molecule has 0 spiro atoms. The second kappa shape index (κ2) is 6.30. The molecule has 1 aromatic heterocycles. The SMILES string of the molecule is CC(C)CNCc1ccccc1-n1cc(C(F)(F)F)cn1. The first-order chi connectivity index (χ1) is 9.88. The molecule has 2 rings (SSSR count). The summed E-state index contributed by atoms with van der Waals surface area (Å²) < 4.78 is 39.2. The molecule has 0 atom stereocenters. The first-order valence-electron chi connectivity index (χ1n) is 6.79. The Kier molecular flexibility index (Phi) is 4.67. The van der Waals surface area contributed by atoms with Gasteiger partial charge in [0.25, 0.3) is 0 Å². The summed E-state index contributed by atoms with van der Waals surface area (Å²) in [5.74, 6) is 0.513. The third-order valence-corrected chi connectivity index (χ3v) is 3.02. The minimum absolute atomic E-state index is 0.513. The van der Waals surface area contributed by atoms with Gasteiger partial charge >= 0.3 is 6.18 Å². The second-order valence-corrected chi connectivity index (χ2v) is 5.32. The Morgan fingerprint density at radius 3 is 2.57 bits per heavy atom. The summed E-state index contributed by atoms with van der Waals surface area (Å²) in [6, 6.07) is 7.30. The quantitative estimate of drug-likeness (QED) is 0.913. The lowest BCUT2D eigenvalue weighted by molar-refractivity contribution is -0.137. The molecule has 0 amide bonds. The van der Waals surface area contributed by atoms with Gasteiger partial charge in [-0.25, -0.2) is 4.68 Å². The zero-order valence-corrected chi connectivity index (χ0v) is 12.0. The van der Waals surface area contributed by atoms with Gasteiger partial charge in [-0.2, -0.15) is 18.3 Å². The van der Waals surface area contributed by atoms with Crippen LogP contribution in [-0.4, -0.2) is 16.3 Å². The third kappa shape index (κ3) is 4.07. The van der Waals surface area contributed by atoms with E-state index >= 15 is 0 Å². The summed E-state index contributed by atoms with van der Waals surface area (Å²) in [7, 11) is 0. The molecule has 0 aliphatic heterocycles. The van der Waals surface area contributed by atoms with Gasteiger partial charge in [0.15, 0.2) is 0 Å². The van der Waals surface area contributed by atoms with Crippen LogP contribution in [0.2, 0.25) is 0 Å². The van der Waals surface area contributed by atoms with E-state index in [0.717, 1.165) is 24.5 Å². The maximum atomic E-state index is 12.6. The number of alkyl halides is 3. The van der Waals surface area contributed by atoms with Crippen LogP contribution in [0.3, 0.4) is 0 Å². The standard InChI is InChI=1S/C15H18F3N3/c1-11(2)7-19-8-12-5-3-4-6-14(12)21-10-13(9-20-21)15(16,17)18/h3-6,9-11,19H,7-8H2,1-2H3. The molecule has 0 radical (unpaired) electrons. The molecule has 21 heavy (non-hydrogen) atoms. The van der Waals surface area contributed by atoms with E-state index in [1.54, 1.807) is 12.1 Å². The molecule has 0 aliphatic carbocycles. The van der Waals surface area contributed by atoms with Crippen molar-refractivity contribution in [2.75, 3.05) is 6.54 Å². The largest absolute Gasteiger partial charge is 0.419 e. The van der Waals surface area contributed by atoms with Gasteiger partial charge in [0.05, 0.1) is 17.4 Å². The number of para-hydroxylation sites is 1. The molecule has 114 valence electrons. The van der Waals surface area contributed by atoms with Crippen molar-refractivity contribution in [3.05, 3.63) is 47.8 Å². The van der Waals surface area contributed by atoms with Gasteiger partial charge in [-0.15, -0.1) is 0 Å². The van der Waals surface area contributed by atoms with Crippen molar-refractivity contribution in [2.45, 2.75) is 26.6 Å². The van der Waals surface area contributed by atoms with E-state index < -0.39 is 11.7 Å². The number of rotatable bonds is 5. The molecule has 6 heteroatoms. The molecule has 1 aromatic carbocycles. The van der Waals surface area contributed by atoms with Crippen LogP contribution in [0.4, 0.5) is 13.2 Å². The average Bonchev–Trinajstić information content (AvgIpc) is 2.88. The molecular weight excluding hydrogens is 279 g/mol. The monoisotopic (exact) mass is 297 g/mol. The Morgan fingerprint density at radius 1 is 1.24 bits per heavy atom. The Balaban J connectivity index is 2.21. The van der Waals surface area contributed by atoms with E-state index in [9.17, 15) is 13.2 Å². The predicted octanol–water partition coefficient (Wildman–Crippen LogP) is 3.64. The topological polar surface area (TPSA) is 29.9 Å². The lowest BCUT2D eigenvalue weighted by Gasteiger charge is -2.12. The van der Waals surface area contributed by atoms with Gasteiger partial charge in [-0.05, 0) is 24.1 Å². The van der Waals surface area contributed by atoms with Crippen molar-refractivity contribution in [3.8, 4) is 5.69 Å². The van der Waals surface area contributed by atoms with Crippen molar-refractivity contribution >= 4 is 0 Å². The summed E-state index contributed by atoms with van der Waals surface area (Å²) in [5.41, 5.74) is 0.826. The Labute approximate surface area is 121 Å². The lowest BCUT2D eigenvalue weighted by atomic mass is 10.1. The number of hydrogen-bond donors (Lipinski definition) is 1. The molecule has 1 N–H and O–H groups in total. The van der Waals surface area contributed by atoms with E-state index in [0.29, 0.717) is 18.2 Å². The average molecular weight is 297 g/mol. The van der Waals surface area contributed by atoms with E-state index in [4.69, 9.17) is 0 Å². The zero-order valence-electron chi connectivity index (χ0n) is 12.0. The van der Waals surface area contributed by atoms with Crippen molar-refractivity contribution in [3.63, 3.8) is 0 Å². The zero-order chi connectivity index (χ0) is 15.5. The van der Waals surface area contributed by atoms with E-state index in [1.807, 2.05) is 12.1 Å². The first-order valence-corrected chi connectivity index (χ1v) is 6.79. The summed E-state index contributed by atoms with van der Waals surface area (Å²) in [4.78, 5) is 0. The van der Waals surface area contributed by atoms with E-state index in [1.165, 1.54) is 4.68 Å². The van der Waals surface area contributed by atoms with Crippen LogP contribution >= 0.6 is 0 Å². The van der Waals surface area contributed by atoms with Crippen LogP contribution < -0.4 is 5.32 Å².